The third-order valence-electron chi connectivity index (χ3n) is 3.31. The van der Waals surface area contributed by atoms with E-state index >= 15 is 0 Å². The van der Waals surface area contributed by atoms with Crippen LogP contribution in [0.2, 0.25) is 0 Å². The van der Waals surface area contributed by atoms with Gasteiger partial charge in [0.05, 0.1) is 12.8 Å². The molecule has 2 aromatic rings. The molecule has 0 aliphatic carbocycles. The van der Waals surface area contributed by atoms with Crippen molar-refractivity contribution >= 4 is 23.4 Å². The third kappa shape index (κ3) is 3.68. The standard InChI is InChI=1S/C16H20N4O3/c1-5-23-16(22)13-10-17-20(4)14(13)18-15(21)11-6-8-12(9-7-11)19(2)3/h6-10H,5H2,1-4H3,(H,18,21). The van der Waals surface area contributed by atoms with Crippen LogP contribution in [0.4, 0.5) is 11.5 Å². The Morgan fingerprint density at radius 3 is 2.48 bits per heavy atom. The first-order chi connectivity index (χ1) is 10.9. The van der Waals surface area contributed by atoms with E-state index in [1.54, 1.807) is 26.1 Å². The summed E-state index contributed by atoms with van der Waals surface area (Å²) in [7, 11) is 5.50. The highest BCUT2D eigenvalue weighted by Crippen LogP contribution is 2.18. The molecule has 0 saturated heterocycles. The second-order valence-electron chi connectivity index (χ2n) is 5.15. The number of nitrogens with zero attached hydrogens (tertiary/aromatic N) is 3. The lowest BCUT2D eigenvalue weighted by atomic mass is 10.2. The summed E-state index contributed by atoms with van der Waals surface area (Å²) in [6, 6.07) is 7.16. The number of rotatable bonds is 5. The van der Waals surface area contributed by atoms with E-state index in [1.165, 1.54) is 10.9 Å². The van der Waals surface area contributed by atoms with Gasteiger partial charge in [0.2, 0.25) is 0 Å². The first kappa shape index (κ1) is 16.5. The van der Waals surface area contributed by atoms with Gasteiger partial charge in [-0.15, -0.1) is 0 Å². The lowest BCUT2D eigenvalue weighted by Crippen LogP contribution is -2.18. The van der Waals surface area contributed by atoms with E-state index in [2.05, 4.69) is 10.4 Å². The summed E-state index contributed by atoms with van der Waals surface area (Å²) in [6.45, 7) is 1.98. The van der Waals surface area contributed by atoms with Crippen LogP contribution < -0.4 is 10.2 Å². The van der Waals surface area contributed by atoms with Crippen molar-refractivity contribution < 1.29 is 14.3 Å². The Morgan fingerprint density at radius 2 is 1.91 bits per heavy atom. The Labute approximate surface area is 134 Å². The van der Waals surface area contributed by atoms with Crippen molar-refractivity contribution in [2.75, 3.05) is 30.9 Å². The molecule has 1 aromatic carbocycles. The normalized spacial score (nSPS) is 10.3. The zero-order valence-corrected chi connectivity index (χ0v) is 13.7. The van der Waals surface area contributed by atoms with Crippen LogP contribution in [0.15, 0.2) is 30.5 Å². The smallest absolute Gasteiger partial charge is 0.343 e. The Bertz CT molecular complexity index is 705. The van der Waals surface area contributed by atoms with E-state index in [1.807, 2.05) is 31.1 Å². The summed E-state index contributed by atoms with van der Waals surface area (Å²) in [5.41, 5.74) is 1.72. The number of aromatic nitrogens is 2. The Kier molecular flexibility index (Phi) is 5.00. The minimum Gasteiger partial charge on any atom is -0.462 e. The number of nitrogens with one attached hydrogen (secondary N) is 1. The minimum atomic E-state index is -0.515. The third-order valence-corrected chi connectivity index (χ3v) is 3.31. The number of esters is 1. The molecule has 1 N–H and O–H groups in total. The van der Waals surface area contributed by atoms with Gasteiger partial charge >= 0.3 is 5.97 Å². The molecular formula is C16H20N4O3. The number of aryl methyl sites for hydroxylation is 1. The number of anilines is 2. The predicted octanol–water partition coefficient (Wildman–Crippen LogP) is 1.92. The van der Waals surface area contributed by atoms with Gasteiger partial charge in [-0.1, -0.05) is 0 Å². The van der Waals surface area contributed by atoms with Crippen molar-refractivity contribution in [3.05, 3.63) is 41.6 Å². The summed E-state index contributed by atoms with van der Waals surface area (Å²) >= 11 is 0. The number of hydrogen-bond donors (Lipinski definition) is 1. The molecule has 0 spiro atoms. The highest BCUT2D eigenvalue weighted by atomic mass is 16.5. The van der Waals surface area contributed by atoms with Crippen molar-refractivity contribution in [2.45, 2.75) is 6.92 Å². The highest BCUT2D eigenvalue weighted by molar-refractivity contribution is 6.07. The van der Waals surface area contributed by atoms with Crippen LogP contribution in [0, 0.1) is 0 Å². The second-order valence-corrected chi connectivity index (χ2v) is 5.15. The molecule has 0 fully saturated rings. The summed E-state index contributed by atoms with van der Waals surface area (Å²) in [4.78, 5) is 26.2. The van der Waals surface area contributed by atoms with Gasteiger partial charge in [0.15, 0.2) is 0 Å². The Balaban J connectivity index is 2.20. The Hall–Kier alpha value is -2.83. The quantitative estimate of drug-likeness (QED) is 0.853. The fraction of sp³-hybridized carbons (Fsp3) is 0.312. The maximum Gasteiger partial charge on any atom is 0.343 e. The summed E-state index contributed by atoms with van der Waals surface area (Å²) in [5, 5.41) is 6.71. The van der Waals surface area contributed by atoms with E-state index in [-0.39, 0.29) is 18.1 Å². The van der Waals surface area contributed by atoms with Gasteiger partial charge in [-0.3, -0.25) is 9.48 Å². The minimum absolute atomic E-state index is 0.229. The fourth-order valence-electron chi connectivity index (χ4n) is 2.03. The van der Waals surface area contributed by atoms with Crippen LogP contribution >= 0.6 is 0 Å². The summed E-state index contributed by atoms with van der Waals surface area (Å²) < 4.78 is 6.39. The molecule has 23 heavy (non-hydrogen) atoms. The number of amides is 1. The SMILES string of the molecule is CCOC(=O)c1cnn(C)c1NC(=O)c1ccc(N(C)C)cc1. The van der Waals surface area contributed by atoms with Crippen LogP contribution in [0.1, 0.15) is 27.6 Å². The maximum atomic E-state index is 12.4. The van der Waals surface area contributed by atoms with Gasteiger partial charge in [-0.05, 0) is 31.2 Å². The zero-order chi connectivity index (χ0) is 17.0. The van der Waals surface area contributed by atoms with Gasteiger partial charge < -0.3 is 15.0 Å². The first-order valence-electron chi connectivity index (χ1n) is 7.22. The van der Waals surface area contributed by atoms with E-state index in [0.717, 1.165) is 5.69 Å². The van der Waals surface area contributed by atoms with E-state index in [9.17, 15) is 9.59 Å². The molecule has 122 valence electrons. The summed E-state index contributed by atoms with van der Waals surface area (Å²) in [6.07, 6.45) is 1.38. The average Bonchev–Trinajstić information content (AvgIpc) is 2.88. The number of ether oxygens (including phenoxy) is 1. The maximum absolute atomic E-state index is 12.4. The molecule has 0 aliphatic rings. The molecule has 0 atom stereocenters. The Morgan fingerprint density at radius 1 is 1.26 bits per heavy atom. The van der Waals surface area contributed by atoms with Crippen molar-refractivity contribution in [3.63, 3.8) is 0 Å². The largest absolute Gasteiger partial charge is 0.462 e. The monoisotopic (exact) mass is 316 g/mol. The van der Waals surface area contributed by atoms with Gasteiger partial charge in [-0.2, -0.15) is 5.10 Å². The molecule has 0 unspecified atom stereocenters. The van der Waals surface area contributed by atoms with E-state index in [0.29, 0.717) is 11.4 Å². The molecule has 0 bridgehead atoms. The molecule has 7 heteroatoms. The molecule has 1 heterocycles. The van der Waals surface area contributed by atoms with Gasteiger partial charge in [0, 0.05) is 32.4 Å². The van der Waals surface area contributed by atoms with Gasteiger partial charge in [0.25, 0.3) is 5.91 Å². The predicted molar refractivity (Wildman–Crippen MR) is 87.9 cm³/mol. The average molecular weight is 316 g/mol. The van der Waals surface area contributed by atoms with Crippen molar-refractivity contribution in [3.8, 4) is 0 Å². The van der Waals surface area contributed by atoms with Gasteiger partial charge in [-0.25, -0.2) is 4.79 Å². The molecule has 7 nitrogen and oxygen atoms in total. The van der Waals surface area contributed by atoms with Crippen LogP contribution in [0.5, 0.6) is 0 Å². The van der Waals surface area contributed by atoms with Crippen LogP contribution in [0.25, 0.3) is 0 Å². The molecule has 0 saturated carbocycles. The number of benzene rings is 1. The number of hydrogen-bond acceptors (Lipinski definition) is 5. The second kappa shape index (κ2) is 6.95. The molecular weight excluding hydrogens is 296 g/mol. The zero-order valence-electron chi connectivity index (χ0n) is 13.7. The van der Waals surface area contributed by atoms with E-state index < -0.39 is 5.97 Å². The molecule has 1 amide bonds. The van der Waals surface area contributed by atoms with E-state index in [4.69, 9.17) is 4.74 Å². The van der Waals surface area contributed by atoms with Crippen LogP contribution in [-0.2, 0) is 11.8 Å². The molecule has 0 aliphatic heterocycles. The molecule has 0 radical (unpaired) electrons. The summed E-state index contributed by atoms with van der Waals surface area (Å²) in [5.74, 6) is -0.520. The topological polar surface area (TPSA) is 76.5 Å². The fourth-order valence-corrected chi connectivity index (χ4v) is 2.03. The number of carbonyl (C=O) groups excluding carboxylic acids is 2. The van der Waals surface area contributed by atoms with Crippen molar-refractivity contribution in [2.24, 2.45) is 7.05 Å². The highest BCUT2D eigenvalue weighted by Gasteiger charge is 2.19. The first-order valence-corrected chi connectivity index (χ1v) is 7.22. The number of carbonyl (C=O) groups is 2. The van der Waals surface area contributed by atoms with Crippen LogP contribution in [-0.4, -0.2) is 42.4 Å². The van der Waals surface area contributed by atoms with Crippen molar-refractivity contribution in [1.82, 2.24) is 9.78 Å². The molecule has 1 aromatic heterocycles. The van der Waals surface area contributed by atoms with Gasteiger partial charge in [0.1, 0.15) is 11.4 Å². The lowest BCUT2D eigenvalue weighted by Gasteiger charge is -2.13. The lowest BCUT2D eigenvalue weighted by molar-refractivity contribution is 0.0527. The molecule has 2 rings (SSSR count). The van der Waals surface area contributed by atoms with Crippen LogP contribution in [0.3, 0.4) is 0 Å². The van der Waals surface area contributed by atoms with Crippen molar-refractivity contribution in [1.29, 1.82) is 0 Å².